The van der Waals surface area contributed by atoms with Crippen LogP contribution in [0.15, 0.2) is 42.5 Å². The van der Waals surface area contributed by atoms with Crippen molar-refractivity contribution in [1.29, 1.82) is 0 Å². The monoisotopic (exact) mass is 328 g/mol. The Labute approximate surface area is 143 Å². The molecule has 2 aromatic rings. The normalized spacial score (nSPS) is 10.4. The summed E-state index contributed by atoms with van der Waals surface area (Å²) in [6.45, 7) is 2.05. The second-order valence-electron chi connectivity index (χ2n) is 5.59. The van der Waals surface area contributed by atoms with Gasteiger partial charge in [-0.1, -0.05) is 24.3 Å². The molecule has 1 N–H and O–H groups in total. The fraction of sp³-hybridized carbons (Fsp3) is 0.350. The number of ether oxygens (including phenoxy) is 2. The Morgan fingerprint density at radius 2 is 1.75 bits per heavy atom. The molecule has 0 saturated heterocycles. The Hall–Kier alpha value is -2.49. The van der Waals surface area contributed by atoms with E-state index in [9.17, 15) is 9.90 Å². The third-order valence-corrected chi connectivity index (χ3v) is 3.93. The van der Waals surface area contributed by atoms with Crippen molar-refractivity contribution in [2.45, 2.75) is 32.6 Å². The van der Waals surface area contributed by atoms with Crippen molar-refractivity contribution >= 4 is 5.97 Å². The maximum atomic E-state index is 12.0. The van der Waals surface area contributed by atoms with Crippen LogP contribution in [0.1, 0.15) is 41.3 Å². The van der Waals surface area contributed by atoms with Crippen LogP contribution in [-0.4, -0.2) is 24.8 Å². The third-order valence-electron chi connectivity index (χ3n) is 3.93. The zero-order valence-corrected chi connectivity index (χ0v) is 14.2. The molecule has 4 heteroatoms. The summed E-state index contributed by atoms with van der Waals surface area (Å²) in [7, 11) is 1.66. The SMILES string of the molecule is CCOC(=O)c1c(O)cccc1CCCCc1ccc(OC)cc1. The number of benzene rings is 2. The van der Waals surface area contributed by atoms with Gasteiger partial charge in [0.1, 0.15) is 17.1 Å². The molecule has 4 nitrogen and oxygen atoms in total. The van der Waals surface area contributed by atoms with Gasteiger partial charge in [0.2, 0.25) is 0 Å². The average Bonchev–Trinajstić information content (AvgIpc) is 2.59. The Morgan fingerprint density at radius 3 is 2.42 bits per heavy atom. The van der Waals surface area contributed by atoms with E-state index >= 15 is 0 Å². The van der Waals surface area contributed by atoms with Crippen LogP contribution in [0.4, 0.5) is 0 Å². The molecule has 0 aliphatic carbocycles. The number of phenols is 1. The van der Waals surface area contributed by atoms with Gasteiger partial charge in [0.05, 0.1) is 13.7 Å². The molecule has 0 spiro atoms. The van der Waals surface area contributed by atoms with E-state index in [0.717, 1.165) is 37.0 Å². The van der Waals surface area contributed by atoms with Gasteiger partial charge in [0, 0.05) is 0 Å². The van der Waals surface area contributed by atoms with Crippen LogP contribution >= 0.6 is 0 Å². The van der Waals surface area contributed by atoms with Gasteiger partial charge in [0.15, 0.2) is 0 Å². The maximum Gasteiger partial charge on any atom is 0.342 e. The minimum atomic E-state index is -0.458. The van der Waals surface area contributed by atoms with E-state index in [4.69, 9.17) is 9.47 Å². The van der Waals surface area contributed by atoms with Crippen molar-refractivity contribution < 1.29 is 19.4 Å². The number of carbonyl (C=O) groups is 1. The predicted molar refractivity (Wildman–Crippen MR) is 93.7 cm³/mol. The van der Waals surface area contributed by atoms with Crippen molar-refractivity contribution in [1.82, 2.24) is 0 Å². The quantitative estimate of drug-likeness (QED) is 0.584. The highest BCUT2D eigenvalue weighted by molar-refractivity contribution is 5.94. The third kappa shape index (κ3) is 4.75. The topological polar surface area (TPSA) is 55.8 Å². The molecule has 0 atom stereocenters. The average molecular weight is 328 g/mol. The maximum absolute atomic E-state index is 12.0. The predicted octanol–water partition coefficient (Wildman–Crippen LogP) is 4.14. The first kappa shape index (κ1) is 17.9. The number of esters is 1. The molecule has 0 saturated carbocycles. The number of aromatic hydroxyl groups is 1. The number of methoxy groups -OCH3 is 1. The number of carbonyl (C=O) groups excluding carboxylic acids is 1. The first-order valence-electron chi connectivity index (χ1n) is 8.26. The molecular weight excluding hydrogens is 304 g/mol. The second kappa shape index (κ2) is 8.96. The summed E-state index contributed by atoms with van der Waals surface area (Å²) < 4.78 is 10.2. The van der Waals surface area contributed by atoms with Gasteiger partial charge in [-0.25, -0.2) is 4.79 Å². The van der Waals surface area contributed by atoms with Crippen molar-refractivity contribution in [3.8, 4) is 11.5 Å². The lowest BCUT2D eigenvalue weighted by atomic mass is 9.99. The molecule has 0 amide bonds. The van der Waals surface area contributed by atoms with Crippen LogP contribution < -0.4 is 4.74 Å². The van der Waals surface area contributed by atoms with Crippen LogP contribution in [0.25, 0.3) is 0 Å². The van der Waals surface area contributed by atoms with Gasteiger partial charge in [-0.05, 0) is 61.9 Å². The Kier molecular flexibility index (Phi) is 6.67. The lowest BCUT2D eigenvalue weighted by Crippen LogP contribution is -2.08. The van der Waals surface area contributed by atoms with Crippen LogP contribution in [-0.2, 0) is 17.6 Å². The lowest BCUT2D eigenvalue weighted by molar-refractivity contribution is 0.0521. The van der Waals surface area contributed by atoms with E-state index in [1.54, 1.807) is 20.1 Å². The van der Waals surface area contributed by atoms with E-state index in [0.29, 0.717) is 12.2 Å². The van der Waals surface area contributed by atoms with Crippen molar-refractivity contribution in [2.24, 2.45) is 0 Å². The van der Waals surface area contributed by atoms with Crippen molar-refractivity contribution in [3.05, 3.63) is 59.2 Å². The summed E-state index contributed by atoms with van der Waals surface area (Å²) in [5.41, 5.74) is 2.39. The Bertz CT molecular complexity index is 662. The van der Waals surface area contributed by atoms with Gasteiger partial charge >= 0.3 is 5.97 Å². The zero-order chi connectivity index (χ0) is 17.4. The van der Waals surface area contributed by atoms with Crippen molar-refractivity contribution in [2.75, 3.05) is 13.7 Å². The molecule has 0 heterocycles. The summed E-state index contributed by atoms with van der Waals surface area (Å²) in [4.78, 5) is 12.0. The van der Waals surface area contributed by atoms with E-state index in [-0.39, 0.29) is 5.75 Å². The molecule has 128 valence electrons. The van der Waals surface area contributed by atoms with E-state index in [1.165, 1.54) is 11.6 Å². The van der Waals surface area contributed by atoms with Gasteiger partial charge < -0.3 is 14.6 Å². The lowest BCUT2D eigenvalue weighted by Gasteiger charge is -2.10. The molecular formula is C20H24O4. The fourth-order valence-corrected chi connectivity index (χ4v) is 2.67. The number of aryl methyl sites for hydroxylation is 2. The molecule has 0 unspecified atom stereocenters. The second-order valence-corrected chi connectivity index (χ2v) is 5.59. The number of hydrogen-bond acceptors (Lipinski definition) is 4. The van der Waals surface area contributed by atoms with Gasteiger partial charge in [0.25, 0.3) is 0 Å². The molecule has 0 aliphatic rings. The van der Waals surface area contributed by atoms with Crippen LogP contribution in [0.3, 0.4) is 0 Å². The molecule has 0 aliphatic heterocycles. The Morgan fingerprint density at radius 1 is 1.04 bits per heavy atom. The number of hydrogen-bond donors (Lipinski definition) is 1. The minimum absolute atomic E-state index is 0.0129. The molecule has 2 aromatic carbocycles. The summed E-state index contributed by atoms with van der Waals surface area (Å²) in [5, 5.41) is 9.96. The minimum Gasteiger partial charge on any atom is -0.507 e. The molecule has 0 bridgehead atoms. The largest absolute Gasteiger partial charge is 0.507 e. The van der Waals surface area contributed by atoms with Gasteiger partial charge in [-0.2, -0.15) is 0 Å². The molecule has 2 rings (SSSR count). The standard InChI is InChI=1S/C20H24O4/c1-3-24-20(22)19-16(9-6-10-18(19)21)8-5-4-7-15-11-13-17(23-2)14-12-15/h6,9-14,21H,3-5,7-8H2,1-2H3. The first-order chi connectivity index (χ1) is 11.7. The summed E-state index contributed by atoms with van der Waals surface area (Å²) in [5.74, 6) is 0.388. The van der Waals surface area contributed by atoms with Gasteiger partial charge in [-0.3, -0.25) is 0 Å². The number of unbranched alkanes of at least 4 members (excludes halogenated alkanes) is 1. The zero-order valence-electron chi connectivity index (χ0n) is 14.2. The van der Waals surface area contributed by atoms with Crippen LogP contribution in [0, 0.1) is 0 Å². The number of phenolic OH excluding ortho intramolecular Hbond substituents is 1. The smallest absolute Gasteiger partial charge is 0.342 e. The molecule has 0 fully saturated rings. The summed E-state index contributed by atoms with van der Waals surface area (Å²) in [6.07, 6.45) is 3.64. The van der Waals surface area contributed by atoms with Crippen LogP contribution in [0.5, 0.6) is 11.5 Å². The van der Waals surface area contributed by atoms with E-state index < -0.39 is 5.97 Å². The summed E-state index contributed by atoms with van der Waals surface area (Å²) >= 11 is 0. The first-order valence-corrected chi connectivity index (χ1v) is 8.26. The molecule has 24 heavy (non-hydrogen) atoms. The van der Waals surface area contributed by atoms with E-state index in [2.05, 4.69) is 12.1 Å². The molecule has 0 radical (unpaired) electrons. The van der Waals surface area contributed by atoms with Crippen molar-refractivity contribution in [3.63, 3.8) is 0 Å². The number of rotatable bonds is 8. The molecule has 0 aromatic heterocycles. The van der Waals surface area contributed by atoms with Crippen LogP contribution in [0.2, 0.25) is 0 Å². The van der Waals surface area contributed by atoms with Gasteiger partial charge in [-0.15, -0.1) is 0 Å². The fourth-order valence-electron chi connectivity index (χ4n) is 2.67. The highest BCUT2D eigenvalue weighted by atomic mass is 16.5. The Balaban J connectivity index is 1.92. The summed E-state index contributed by atoms with van der Waals surface area (Å²) in [6, 6.07) is 13.2. The van der Waals surface area contributed by atoms with E-state index in [1.807, 2.05) is 18.2 Å². The highest BCUT2D eigenvalue weighted by Gasteiger charge is 2.16. The highest BCUT2D eigenvalue weighted by Crippen LogP contribution is 2.24.